The van der Waals surface area contributed by atoms with Crippen LogP contribution in [-0.2, 0) is 34.5 Å². The third kappa shape index (κ3) is 9.63. The molecule has 13 nitrogen and oxygen atoms in total. The average Bonchev–Trinajstić information content (AvgIpc) is 3.72. The van der Waals surface area contributed by atoms with Gasteiger partial charge in [0.05, 0.1) is 31.8 Å². The highest BCUT2D eigenvalue weighted by Gasteiger charge is 2.85. The van der Waals surface area contributed by atoms with Crippen LogP contribution >= 0.6 is 7.82 Å². The number of amides is 3. The summed E-state index contributed by atoms with van der Waals surface area (Å²) in [4.78, 5) is 47.3. The van der Waals surface area contributed by atoms with Gasteiger partial charge in [-0.05, 0) is 104 Å². The molecular weight excluding hydrogens is 874 g/mol. The monoisotopic (exact) mass is 926 g/mol. The molecule has 0 spiro atoms. The van der Waals surface area contributed by atoms with E-state index in [1.807, 2.05) is 12.1 Å². The van der Waals surface area contributed by atoms with E-state index in [-0.39, 0.29) is 55.4 Å². The van der Waals surface area contributed by atoms with E-state index in [9.17, 15) is 68.6 Å². The van der Waals surface area contributed by atoms with Crippen LogP contribution in [-0.4, -0.2) is 125 Å². The number of unbranched alkanes of at least 4 members (excludes halogenated alkanes) is 1. The first-order chi connectivity index (χ1) is 28.8. The molecule has 4 fully saturated rings. The van der Waals surface area contributed by atoms with Crippen LogP contribution in [0.5, 0.6) is 5.75 Å². The van der Waals surface area contributed by atoms with Crippen molar-refractivity contribution in [2.75, 3.05) is 39.5 Å². The van der Waals surface area contributed by atoms with E-state index < -0.39 is 82.0 Å². The van der Waals surface area contributed by atoms with Crippen molar-refractivity contribution in [3.8, 4) is 5.75 Å². The summed E-state index contributed by atoms with van der Waals surface area (Å²) in [5.41, 5.74) is -4.28. The van der Waals surface area contributed by atoms with Crippen LogP contribution in [0.3, 0.4) is 0 Å². The number of hydrogen-bond acceptors (Lipinski definition) is 9. The van der Waals surface area contributed by atoms with Crippen molar-refractivity contribution in [3.63, 3.8) is 0 Å². The number of nitrogens with zero attached hydrogens (tertiary/aromatic N) is 2. The van der Waals surface area contributed by atoms with Gasteiger partial charge in [0, 0.05) is 26.1 Å². The van der Waals surface area contributed by atoms with Crippen molar-refractivity contribution in [2.45, 2.75) is 133 Å². The molecule has 5 aliphatic rings. The van der Waals surface area contributed by atoms with Gasteiger partial charge in [0.2, 0.25) is 5.91 Å². The van der Waals surface area contributed by atoms with Gasteiger partial charge in [-0.1, -0.05) is 19.9 Å². The minimum atomic E-state index is -6.78. The van der Waals surface area contributed by atoms with Gasteiger partial charge in [0.25, 0.3) is 0 Å². The number of ether oxygens (including phenoxy) is 4. The van der Waals surface area contributed by atoms with Gasteiger partial charge in [0.15, 0.2) is 0 Å². The molecule has 2 aliphatic heterocycles. The lowest BCUT2D eigenvalue weighted by Gasteiger charge is -2.50. The Balaban J connectivity index is 0.965. The van der Waals surface area contributed by atoms with Crippen LogP contribution < -0.4 is 4.74 Å². The van der Waals surface area contributed by atoms with E-state index in [2.05, 4.69) is 17.7 Å². The van der Waals surface area contributed by atoms with E-state index in [4.69, 9.17) is 18.7 Å². The molecule has 7 unspecified atom stereocenters. The summed E-state index contributed by atoms with van der Waals surface area (Å²) in [6.45, 7) is 1.70. The van der Waals surface area contributed by atoms with E-state index in [0.29, 0.717) is 37.5 Å². The number of urea groups is 1. The standard InChI is InChI=1S/C39H52F9N2O11P/c1-22-20-50(32-19-29(30(21-51)60-32)61-62(54,55)56)34(53)49(33(22)52)14-3-4-15-57-24-7-9-25-23(18-24)6-8-27-26(25)12-13-35(2)28(27)10-11-31(35)58-16-5-17-59-36(37(40,41)42,38(43,44)45)39(46,47)48/h7,9,18,22,26-32,51H,3-6,8,10-17,19-21H2,1-2H3,(H2,54,55,56)/t22?,26?,27?,28?,29?,30-,31?,32-,35?/m1/s1. The maximum atomic E-state index is 13.4. The lowest BCUT2D eigenvalue weighted by Crippen LogP contribution is -2.67. The molecule has 0 bridgehead atoms. The molecule has 9 atom stereocenters. The van der Waals surface area contributed by atoms with Crippen LogP contribution in [0.15, 0.2) is 18.2 Å². The zero-order valence-corrected chi connectivity index (χ0v) is 34.9. The molecule has 62 heavy (non-hydrogen) atoms. The lowest BCUT2D eigenvalue weighted by atomic mass is 9.55. The number of aliphatic hydroxyl groups is 1. The number of aliphatic hydroxyl groups excluding tert-OH is 1. The average molecular weight is 927 g/mol. The Morgan fingerprint density at radius 1 is 0.919 bits per heavy atom. The number of alkyl halides is 9. The number of phosphoric acid groups is 1. The van der Waals surface area contributed by atoms with Gasteiger partial charge in [0.1, 0.15) is 24.2 Å². The molecule has 6 rings (SSSR count). The van der Waals surface area contributed by atoms with Crippen LogP contribution in [0.2, 0.25) is 0 Å². The lowest BCUT2D eigenvalue weighted by molar-refractivity contribution is -0.457. The number of carbonyl (C=O) groups excluding carboxylic acids is 2. The largest absolute Gasteiger partial charge is 0.494 e. The normalized spacial score (nSPS) is 31.0. The number of fused-ring (bicyclic) bond motifs is 5. The van der Waals surface area contributed by atoms with Crippen molar-refractivity contribution in [1.82, 2.24) is 9.80 Å². The number of hydrogen-bond donors (Lipinski definition) is 3. The third-order valence-corrected chi connectivity index (χ3v) is 13.9. The summed E-state index contributed by atoms with van der Waals surface area (Å²) < 4.78 is 156. The summed E-state index contributed by atoms with van der Waals surface area (Å²) in [7, 11) is -4.90. The fraction of sp³-hybridized carbons (Fsp3) is 0.795. The highest BCUT2D eigenvalue weighted by atomic mass is 31.2. The molecule has 1 aromatic rings. The second-order valence-electron chi connectivity index (χ2n) is 17.2. The number of aryl methyl sites for hydroxylation is 1. The van der Waals surface area contributed by atoms with Crippen LogP contribution in [0, 0.1) is 23.2 Å². The summed E-state index contributed by atoms with van der Waals surface area (Å²) in [6.07, 6.45) is -19.1. The second-order valence-corrected chi connectivity index (χ2v) is 18.4. The van der Waals surface area contributed by atoms with Crippen LogP contribution in [0.1, 0.15) is 88.7 Å². The van der Waals surface area contributed by atoms with Crippen LogP contribution in [0.4, 0.5) is 44.3 Å². The Labute approximate surface area is 351 Å². The fourth-order valence-corrected chi connectivity index (χ4v) is 11.0. The van der Waals surface area contributed by atoms with Gasteiger partial charge in [-0.15, -0.1) is 0 Å². The Morgan fingerprint density at radius 2 is 1.61 bits per heavy atom. The molecule has 23 heteroatoms. The Hall–Kier alpha value is -2.72. The minimum absolute atomic E-state index is 0.0200. The maximum absolute atomic E-state index is 13.4. The highest BCUT2D eigenvalue weighted by Crippen LogP contribution is 2.62. The second kappa shape index (κ2) is 18.3. The summed E-state index contributed by atoms with van der Waals surface area (Å²) in [6, 6.07) is 5.34. The predicted octanol–water partition coefficient (Wildman–Crippen LogP) is 7.40. The molecular formula is C39H52F9N2O11P. The molecule has 0 aromatic heterocycles. The van der Waals surface area contributed by atoms with Gasteiger partial charge < -0.3 is 33.8 Å². The number of imide groups is 1. The summed E-state index contributed by atoms with van der Waals surface area (Å²) >= 11 is 0. The first-order valence-corrected chi connectivity index (χ1v) is 22.2. The van der Waals surface area contributed by atoms with Crippen molar-refractivity contribution < 1.29 is 92.0 Å². The molecule has 2 saturated carbocycles. The third-order valence-electron chi connectivity index (χ3n) is 13.4. The molecule has 3 N–H and O–H groups in total. The van der Waals surface area contributed by atoms with E-state index in [0.717, 1.165) is 42.6 Å². The van der Waals surface area contributed by atoms with E-state index >= 15 is 0 Å². The molecule has 0 radical (unpaired) electrons. The number of phosphoric ester groups is 1. The maximum Gasteiger partial charge on any atom is 0.469 e. The minimum Gasteiger partial charge on any atom is -0.494 e. The Bertz CT molecular complexity index is 1780. The molecule has 3 amide bonds. The number of carbonyl (C=O) groups is 2. The first kappa shape index (κ1) is 48.7. The van der Waals surface area contributed by atoms with Gasteiger partial charge in [-0.2, -0.15) is 39.5 Å². The summed E-state index contributed by atoms with van der Waals surface area (Å²) in [5, 5.41) is 9.65. The van der Waals surface area contributed by atoms with E-state index in [1.54, 1.807) is 6.92 Å². The van der Waals surface area contributed by atoms with Crippen molar-refractivity contribution in [1.29, 1.82) is 0 Å². The molecule has 352 valence electrons. The molecule has 1 aromatic carbocycles. The Morgan fingerprint density at radius 3 is 2.26 bits per heavy atom. The smallest absolute Gasteiger partial charge is 0.469 e. The van der Waals surface area contributed by atoms with Gasteiger partial charge >= 0.3 is 38.0 Å². The van der Waals surface area contributed by atoms with Gasteiger partial charge in [-0.3, -0.25) is 19.1 Å². The SMILES string of the molecule is CC1CN([C@H]2CC(OP(=O)(O)O)[C@@H](CO)O2)C(=O)N(CCCCOc2ccc3c(c2)CCC2C3CCC3(C)C(OCCCOC(C(F)(F)F)(C(F)(F)F)C(F)(F)F)CCC23)C1=O. The highest BCUT2D eigenvalue weighted by molar-refractivity contribution is 7.46. The zero-order valence-electron chi connectivity index (χ0n) is 34.0. The van der Waals surface area contributed by atoms with Crippen molar-refractivity contribution in [2.24, 2.45) is 23.2 Å². The van der Waals surface area contributed by atoms with Gasteiger partial charge in [-0.25, -0.2) is 9.36 Å². The number of rotatable bonds is 16. The predicted molar refractivity (Wildman–Crippen MR) is 197 cm³/mol. The molecule has 3 aliphatic carbocycles. The molecule has 2 saturated heterocycles. The fourth-order valence-electron chi connectivity index (χ4n) is 10.4. The zero-order chi connectivity index (χ0) is 45.6. The Kier molecular flexibility index (Phi) is 14.4. The topological polar surface area (TPSA) is 165 Å². The van der Waals surface area contributed by atoms with Crippen molar-refractivity contribution in [3.05, 3.63) is 29.3 Å². The molecule has 2 heterocycles. The van der Waals surface area contributed by atoms with Crippen molar-refractivity contribution >= 4 is 19.8 Å². The first-order valence-electron chi connectivity index (χ1n) is 20.7. The number of benzene rings is 1. The van der Waals surface area contributed by atoms with E-state index in [1.165, 1.54) is 10.5 Å². The quantitative estimate of drug-likeness (QED) is 0.0860. The summed E-state index contributed by atoms with van der Waals surface area (Å²) in [5.74, 6) is 0.471. The number of halogens is 9. The van der Waals surface area contributed by atoms with Crippen LogP contribution in [0.25, 0.3) is 0 Å².